The standard InChI is InChI=1S/C12H22N2O3/c1-12(2,3)14(7-6-11(16)17)8-9-4-5-10(15)13-9/h9H,4-8H2,1-3H3,(H,13,15)(H,16,17). The fraction of sp³-hybridized carbons (Fsp3) is 0.833. The topological polar surface area (TPSA) is 69.6 Å². The van der Waals surface area contributed by atoms with Crippen LogP contribution in [0.1, 0.15) is 40.0 Å². The maximum atomic E-state index is 11.1. The SMILES string of the molecule is CC(C)(C)N(CCC(=O)O)CC1CCC(=O)N1. The highest BCUT2D eigenvalue weighted by Crippen LogP contribution is 2.17. The van der Waals surface area contributed by atoms with Crippen molar-refractivity contribution in [1.29, 1.82) is 0 Å². The molecule has 0 saturated carbocycles. The van der Waals surface area contributed by atoms with E-state index in [2.05, 4.69) is 31.0 Å². The number of carbonyl (C=O) groups excluding carboxylic acids is 1. The molecule has 0 aromatic heterocycles. The molecule has 5 heteroatoms. The van der Waals surface area contributed by atoms with Gasteiger partial charge in [-0.3, -0.25) is 14.5 Å². The number of nitrogens with one attached hydrogen (secondary N) is 1. The predicted octanol–water partition coefficient (Wildman–Crippen LogP) is 0.840. The van der Waals surface area contributed by atoms with Crippen molar-refractivity contribution < 1.29 is 14.7 Å². The van der Waals surface area contributed by atoms with E-state index in [9.17, 15) is 9.59 Å². The Morgan fingerprint density at radius 1 is 1.53 bits per heavy atom. The van der Waals surface area contributed by atoms with E-state index in [4.69, 9.17) is 5.11 Å². The summed E-state index contributed by atoms with van der Waals surface area (Å²) in [4.78, 5) is 23.9. The second-order valence-corrected chi connectivity index (χ2v) is 5.56. The van der Waals surface area contributed by atoms with Crippen molar-refractivity contribution in [3.05, 3.63) is 0 Å². The first kappa shape index (κ1) is 14.0. The molecule has 1 aliphatic rings. The Balaban J connectivity index is 2.51. The molecule has 1 heterocycles. The molecule has 0 aliphatic carbocycles. The molecule has 2 N–H and O–H groups in total. The third-order valence-electron chi connectivity index (χ3n) is 3.07. The third kappa shape index (κ3) is 4.73. The summed E-state index contributed by atoms with van der Waals surface area (Å²) >= 11 is 0. The summed E-state index contributed by atoms with van der Waals surface area (Å²) in [5, 5.41) is 11.7. The zero-order valence-corrected chi connectivity index (χ0v) is 10.8. The number of amides is 1. The minimum absolute atomic E-state index is 0.0806. The normalized spacial score (nSPS) is 20.7. The van der Waals surface area contributed by atoms with Crippen molar-refractivity contribution in [2.45, 2.75) is 51.6 Å². The highest BCUT2D eigenvalue weighted by molar-refractivity contribution is 5.78. The van der Waals surface area contributed by atoms with Crippen LogP contribution in [0, 0.1) is 0 Å². The Hall–Kier alpha value is -1.10. The molecule has 1 unspecified atom stereocenters. The average molecular weight is 242 g/mol. The minimum Gasteiger partial charge on any atom is -0.481 e. The van der Waals surface area contributed by atoms with E-state index in [0.717, 1.165) is 13.0 Å². The molecule has 1 atom stereocenters. The number of hydrogen-bond donors (Lipinski definition) is 2. The summed E-state index contributed by atoms with van der Waals surface area (Å²) in [6, 6.07) is 0.163. The second kappa shape index (κ2) is 5.49. The van der Waals surface area contributed by atoms with Crippen LogP contribution in [0.15, 0.2) is 0 Å². The lowest BCUT2D eigenvalue weighted by atomic mass is 10.0. The summed E-state index contributed by atoms with van der Waals surface area (Å²) in [7, 11) is 0. The van der Waals surface area contributed by atoms with E-state index in [-0.39, 0.29) is 23.9 Å². The van der Waals surface area contributed by atoms with E-state index in [1.54, 1.807) is 0 Å². The van der Waals surface area contributed by atoms with Gasteiger partial charge in [0.05, 0.1) is 6.42 Å². The van der Waals surface area contributed by atoms with Gasteiger partial charge in [0, 0.05) is 31.1 Å². The third-order valence-corrected chi connectivity index (χ3v) is 3.07. The van der Waals surface area contributed by atoms with Crippen molar-refractivity contribution in [3.63, 3.8) is 0 Å². The maximum Gasteiger partial charge on any atom is 0.304 e. The maximum absolute atomic E-state index is 11.1. The van der Waals surface area contributed by atoms with Crippen molar-refractivity contribution in [1.82, 2.24) is 10.2 Å². The van der Waals surface area contributed by atoms with Gasteiger partial charge in [0.25, 0.3) is 0 Å². The van der Waals surface area contributed by atoms with Crippen molar-refractivity contribution in [2.24, 2.45) is 0 Å². The zero-order chi connectivity index (χ0) is 13.1. The molecular weight excluding hydrogens is 220 g/mol. The largest absolute Gasteiger partial charge is 0.481 e. The lowest BCUT2D eigenvalue weighted by Crippen LogP contribution is -2.48. The van der Waals surface area contributed by atoms with Gasteiger partial charge in [0.15, 0.2) is 0 Å². The van der Waals surface area contributed by atoms with Gasteiger partial charge >= 0.3 is 5.97 Å². The number of nitrogens with zero attached hydrogens (tertiary/aromatic N) is 1. The zero-order valence-electron chi connectivity index (χ0n) is 10.8. The predicted molar refractivity (Wildman–Crippen MR) is 64.7 cm³/mol. The lowest BCUT2D eigenvalue weighted by molar-refractivity contribution is -0.137. The van der Waals surface area contributed by atoms with Crippen LogP contribution < -0.4 is 5.32 Å². The van der Waals surface area contributed by atoms with Crippen LogP contribution in [-0.4, -0.2) is 46.6 Å². The van der Waals surface area contributed by atoms with Gasteiger partial charge in [-0.25, -0.2) is 0 Å². The molecule has 0 aromatic rings. The molecule has 17 heavy (non-hydrogen) atoms. The fourth-order valence-electron chi connectivity index (χ4n) is 2.01. The number of hydrogen-bond acceptors (Lipinski definition) is 3. The van der Waals surface area contributed by atoms with Crippen molar-refractivity contribution in [2.75, 3.05) is 13.1 Å². The molecule has 1 amide bonds. The summed E-state index contributed by atoms with van der Waals surface area (Å²) in [6.07, 6.45) is 1.57. The van der Waals surface area contributed by atoms with Gasteiger partial charge in [0.1, 0.15) is 0 Å². The average Bonchev–Trinajstić information content (AvgIpc) is 2.56. The Kier molecular flexibility index (Phi) is 4.51. The number of aliphatic carboxylic acids is 1. The Morgan fingerprint density at radius 3 is 2.59 bits per heavy atom. The fourth-order valence-corrected chi connectivity index (χ4v) is 2.01. The first-order valence-electron chi connectivity index (χ1n) is 6.05. The summed E-state index contributed by atoms with van der Waals surface area (Å²) in [6.45, 7) is 7.43. The van der Waals surface area contributed by atoms with Crippen LogP contribution in [0.4, 0.5) is 0 Å². The quantitative estimate of drug-likeness (QED) is 0.749. The minimum atomic E-state index is -0.783. The van der Waals surface area contributed by atoms with Crippen LogP contribution in [0.25, 0.3) is 0 Å². The molecule has 0 bridgehead atoms. The van der Waals surface area contributed by atoms with Gasteiger partial charge in [0.2, 0.25) is 5.91 Å². The van der Waals surface area contributed by atoms with Crippen molar-refractivity contribution in [3.8, 4) is 0 Å². The van der Waals surface area contributed by atoms with Gasteiger partial charge in [-0.1, -0.05) is 0 Å². The number of carbonyl (C=O) groups is 2. The van der Waals surface area contributed by atoms with Gasteiger partial charge in [-0.2, -0.15) is 0 Å². The van der Waals surface area contributed by atoms with Gasteiger partial charge in [-0.05, 0) is 27.2 Å². The van der Waals surface area contributed by atoms with E-state index in [1.165, 1.54) is 0 Å². The first-order valence-corrected chi connectivity index (χ1v) is 6.05. The number of carboxylic acids is 1. The molecule has 1 rings (SSSR count). The van der Waals surface area contributed by atoms with Crippen LogP contribution >= 0.6 is 0 Å². The smallest absolute Gasteiger partial charge is 0.304 e. The molecular formula is C12H22N2O3. The summed E-state index contributed by atoms with van der Waals surface area (Å²) in [5.74, 6) is -0.684. The summed E-state index contributed by atoms with van der Waals surface area (Å²) in [5.41, 5.74) is -0.0806. The first-order chi connectivity index (χ1) is 7.79. The highest BCUT2D eigenvalue weighted by Gasteiger charge is 2.28. The molecule has 1 fully saturated rings. The monoisotopic (exact) mass is 242 g/mol. The molecule has 98 valence electrons. The Morgan fingerprint density at radius 2 is 2.18 bits per heavy atom. The molecule has 0 spiro atoms. The second-order valence-electron chi connectivity index (χ2n) is 5.56. The van der Waals surface area contributed by atoms with Gasteiger partial charge < -0.3 is 10.4 Å². The molecule has 5 nitrogen and oxygen atoms in total. The summed E-state index contributed by atoms with van der Waals surface area (Å²) < 4.78 is 0. The van der Waals surface area contributed by atoms with E-state index >= 15 is 0 Å². The molecule has 0 radical (unpaired) electrons. The lowest BCUT2D eigenvalue weighted by Gasteiger charge is -2.37. The van der Waals surface area contributed by atoms with Gasteiger partial charge in [-0.15, -0.1) is 0 Å². The molecule has 1 saturated heterocycles. The van der Waals surface area contributed by atoms with E-state index in [0.29, 0.717) is 13.0 Å². The Bertz CT molecular complexity index is 297. The van der Waals surface area contributed by atoms with E-state index in [1.807, 2.05) is 0 Å². The van der Waals surface area contributed by atoms with Crippen LogP contribution in [0.2, 0.25) is 0 Å². The number of rotatable bonds is 5. The van der Waals surface area contributed by atoms with Crippen LogP contribution in [0.3, 0.4) is 0 Å². The number of carboxylic acid groups (broad SMARTS) is 1. The van der Waals surface area contributed by atoms with Crippen LogP contribution in [-0.2, 0) is 9.59 Å². The highest BCUT2D eigenvalue weighted by atomic mass is 16.4. The van der Waals surface area contributed by atoms with Crippen molar-refractivity contribution >= 4 is 11.9 Å². The Labute approximate surface area is 102 Å². The molecule has 1 aliphatic heterocycles. The van der Waals surface area contributed by atoms with Crippen LogP contribution in [0.5, 0.6) is 0 Å². The molecule has 0 aromatic carbocycles. The van der Waals surface area contributed by atoms with E-state index < -0.39 is 5.97 Å².